The summed E-state index contributed by atoms with van der Waals surface area (Å²) in [6.07, 6.45) is 2.09. The van der Waals surface area contributed by atoms with Crippen LogP contribution in [0.5, 0.6) is 0 Å². The lowest BCUT2D eigenvalue weighted by Gasteiger charge is -2.18. The molecule has 0 aromatic heterocycles. The molecule has 0 atom stereocenters. The number of Topliss-reactive ketones (excluding diaryl/α,β-unsaturated/α-hetero) is 1. The number of ketones is 1. The second-order valence-corrected chi connectivity index (χ2v) is 6.36. The zero-order chi connectivity index (χ0) is 14.0. The molecule has 1 heterocycles. The first kappa shape index (κ1) is 13.8. The predicted octanol–water partition coefficient (Wildman–Crippen LogP) is 3.43. The Morgan fingerprint density at radius 3 is 2.32 bits per heavy atom. The number of anilines is 1. The zero-order valence-corrected chi connectivity index (χ0v) is 11.9. The van der Waals surface area contributed by atoms with Gasteiger partial charge in [0.05, 0.1) is 0 Å². The van der Waals surface area contributed by atoms with Gasteiger partial charge in [-0.15, -0.1) is 0 Å². The second-order valence-electron chi connectivity index (χ2n) is 6.36. The van der Waals surface area contributed by atoms with Gasteiger partial charge in [0.15, 0.2) is 5.78 Å². The quantitative estimate of drug-likeness (QED) is 0.780. The summed E-state index contributed by atoms with van der Waals surface area (Å²) in [5, 5.41) is 0. The third-order valence-corrected chi connectivity index (χ3v) is 3.27. The molecular formula is C16H21NO2. The summed E-state index contributed by atoms with van der Waals surface area (Å²) in [7, 11) is 0. The third kappa shape index (κ3) is 3.43. The van der Waals surface area contributed by atoms with Crippen molar-refractivity contribution in [1.82, 2.24) is 0 Å². The monoisotopic (exact) mass is 259 g/mol. The molecular weight excluding hydrogens is 238 g/mol. The van der Waals surface area contributed by atoms with Crippen LogP contribution in [-0.2, 0) is 4.79 Å². The van der Waals surface area contributed by atoms with Gasteiger partial charge in [-0.2, -0.15) is 0 Å². The van der Waals surface area contributed by atoms with Crippen molar-refractivity contribution in [2.45, 2.75) is 40.0 Å². The van der Waals surface area contributed by atoms with Gasteiger partial charge in [0, 0.05) is 30.6 Å². The van der Waals surface area contributed by atoms with Gasteiger partial charge in [-0.1, -0.05) is 20.8 Å². The number of hydrogen-bond donors (Lipinski definition) is 0. The van der Waals surface area contributed by atoms with Crippen LogP contribution in [0, 0.1) is 5.41 Å². The highest BCUT2D eigenvalue weighted by atomic mass is 16.2. The van der Waals surface area contributed by atoms with Crippen molar-refractivity contribution in [3.63, 3.8) is 0 Å². The second kappa shape index (κ2) is 5.16. The highest BCUT2D eigenvalue weighted by molar-refractivity contribution is 5.98. The summed E-state index contributed by atoms with van der Waals surface area (Å²) in [4.78, 5) is 25.5. The molecule has 102 valence electrons. The van der Waals surface area contributed by atoms with Crippen molar-refractivity contribution >= 4 is 17.4 Å². The molecule has 1 fully saturated rings. The Kier molecular flexibility index (Phi) is 3.74. The SMILES string of the molecule is CC(C)(C)CC(=O)c1ccc(N2CCCC2=O)cc1. The van der Waals surface area contributed by atoms with E-state index < -0.39 is 0 Å². The van der Waals surface area contributed by atoms with E-state index in [-0.39, 0.29) is 17.1 Å². The lowest BCUT2D eigenvalue weighted by Crippen LogP contribution is -2.23. The molecule has 0 unspecified atom stereocenters. The van der Waals surface area contributed by atoms with Crippen LogP contribution < -0.4 is 4.90 Å². The molecule has 0 bridgehead atoms. The number of rotatable bonds is 3. The smallest absolute Gasteiger partial charge is 0.227 e. The molecule has 2 rings (SSSR count). The lowest BCUT2D eigenvalue weighted by atomic mass is 9.88. The third-order valence-electron chi connectivity index (χ3n) is 3.27. The van der Waals surface area contributed by atoms with Crippen LogP contribution in [0.3, 0.4) is 0 Å². The largest absolute Gasteiger partial charge is 0.312 e. The molecule has 1 amide bonds. The van der Waals surface area contributed by atoms with Gasteiger partial charge in [0.1, 0.15) is 0 Å². The van der Waals surface area contributed by atoms with E-state index in [1.807, 2.05) is 24.3 Å². The normalized spacial score (nSPS) is 15.9. The van der Waals surface area contributed by atoms with E-state index in [4.69, 9.17) is 0 Å². The van der Waals surface area contributed by atoms with Gasteiger partial charge in [-0.05, 0) is 36.1 Å². The van der Waals surface area contributed by atoms with Crippen LogP contribution in [0.15, 0.2) is 24.3 Å². The van der Waals surface area contributed by atoms with Crippen molar-refractivity contribution in [2.75, 3.05) is 11.4 Å². The van der Waals surface area contributed by atoms with Gasteiger partial charge in [0.2, 0.25) is 5.91 Å². The molecule has 1 aliphatic rings. The van der Waals surface area contributed by atoms with Crippen LogP contribution in [0.1, 0.15) is 50.4 Å². The Labute approximate surface area is 114 Å². The van der Waals surface area contributed by atoms with E-state index >= 15 is 0 Å². The Balaban J connectivity index is 2.10. The minimum atomic E-state index is 0.000668. The minimum absolute atomic E-state index is 0.000668. The average Bonchev–Trinajstić information content (AvgIpc) is 2.73. The maximum absolute atomic E-state index is 12.1. The molecule has 19 heavy (non-hydrogen) atoms. The van der Waals surface area contributed by atoms with E-state index in [1.54, 1.807) is 4.90 Å². The van der Waals surface area contributed by atoms with Crippen LogP contribution in [0.4, 0.5) is 5.69 Å². The average molecular weight is 259 g/mol. The van der Waals surface area contributed by atoms with Gasteiger partial charge in [-0.25, -0.2) is 0 Å². The fraction of sp³-hybridized carbons (Fsp3) is 0.500. The summed E-state index contributed by atoms with van der Waals surface area (Å²) in [5.41, 5.74) is 1.63. The zero-order valence-electron chi connectivity index (χ0n) is 11.9. The molecule has 0 radical (unpaired) electrons. The van der Waals surface area contributed by atoms with Crippen LogP contribution in [0.2, 0.25) is 0 Å². The first-order valence-corrected chi connectivity index (χ1v) is 6.80. The highest BCUT2D eigenvalue weighted by Crippen LogP contribution is 2.24. The molecule has 3 nitrogen and oxygen atoms in total. The first-order chi connectivity index (χ1) is 8.87. The van der Waals surface area contributed by atoms with Gasteiger partial charge in [0.25, 0.3) is 0 Å². The van der Waals surface area contributed by atoms with Crippen molar-refractivity contribution in [3.05, 3.63) is 29.8 Å². The molecule has 1 aliphatic heterocycles. The van der Waals surface area contributed by atoms with Crippen molar-refractivity contribution < 1.29 is 9.59 Å². The molecule has 1 saturated heterocycles. The summed E-state index contributed by atoms with van der Waals surface area (Å²) >= 11 is 0. The maximum atomic E-state index is 12.1. The van der Waals surface area contributed by atoms with E-state index in [9.17, 15) is 9.59 Å². The number of carbonyl (C=O) groups is 2. The summed E-state index contributed by atoms with van der Waals surface area (Å²) in [6, 6.07) is 7.40. The fourth-order valence-corrected chi connectivity index (χ4v) is 2.33. The number of amides is 1. The maximum Gasteiger partial charge on any atom is 0.227 e. The minimum Gasteiger partial charge on any atom is -0.312 e. The van der Waals surface area contributed by atoms with Crippen molar-refractivity contribution in [3.8, 4) is 0 Å². The Bertz CT molecular complexity index is 482. The Morgan fingerprint density at radius 1 is 1.21 bits per heavy atom. The summed E-state index contributed by atoms with van der Waals surface area (Å²) in [6.45, 7) is 6.96. The molecule has 3 heteroatoms. The Morgan fingerprint density at radius 2 is 1.84 bits per heavy atom. The molecule has 0 N–H and O–H groups in total. The van der Waals surface area contributed by atoms with E-state index in [2.05, 4.69) is 20.8 Å². The van der Waals surface area contributed by atoms with E-state index in [0.29, 0.717) is 12.8 Å². The number of carbonyl (C=O) groups excluding carboxylic acids is 2. The number of nitrogens with zero attached hydrogens (tertiary/aromatic N) is 1. The van der Waals surface area contributed by atoms with Crippen LogP contribution in [0.25, 0.3) is 0 Å². The Hall–Kier alpha value is -1.64. The van der Waals surface area contributed by atoms with Crippen molar-refractivity contribution in [2.24, 2.45) is 5.41 Å². The molecule has 1 aromatic rings. The molecule has 0 saturated carbocycles. The highest BCUT2D eigenvalue weighted by Gasteiger charge is 2.22. The summed E-state index contributed by atoms with van der Waals surface area (Å²) < 4.78 is 0. The lowest BCUT2D eigenvalue weighted by molar-refractivity contribution is -0.117. The number of hydrogen-bond acceptors (Lipinski definition) is 2. The van der Waals surface area contributed by atoms with E-state index in [1.165, 1.54) is 0 Å². The molecule has 0 spiro atoms. The van der Waals surface area contributed by atoms with Gasteiger partial charge < -0.3 is 4.90 Å². The molecule has 0 aliphatic carbocycles. The van der Waals surface area contributed by atoms with Crippen molar-refractivity contribution in [1.29, 1.82) is 0 Å². The predicted molar refractivity (Wildman–Crippen MR) is 76.4 cm³/mol. The van der Waals surface area contributed by atoms with Crippen LogP contribution >= 0.6 is 0 Å². The summed E-state index contributed by atoms with van der Waals surface area (Å²) in [5.74, 6) is 0.334. The van der Waals surface area contributed by atoms with Crippen LogP contribution in [-0.4, -0.2) is 18.2 Å². The topological polar surface area (TPSA) is 37.4 Å². The van der Waals surface area contributed by atoms with E-state index in [0.717, 1.165) is 24.2 Å². The first-order valence-electron chi connectivity index (χ1n) is 6.80. The van der Waals surface area contributed by atoms with Gasteiger partial charge >= 0.3 is 0 Å². The number of benzene rings is 1. The van der Waals surface area contributed by atoms with Gasteiger partial charge in [-0.3, -0.25) is 9.59 Å². The standard InChI is InChI=1S/C16H21NO2/c1-16(2,3)11-14(18)12-6-8-13(9-7-12)17-10-4-5-15(17)19/h6-9H,4-5,10-11H2,1-3H3. The molecule has 1 aromatic carbocycles. The fourth-order valence-electron chi connectivity index (χ4n) is 2.33.